The van der Waals surface area contributed by atoms with Gasteiger partial charge in [0.15, 0.2) is 5.82 Å². The molecule has 0 N–H and O–H groups in total. The van der Waals surface area contributed by atoms with Gasteiger partial charge in [-0.1, -0.05) is 26.0 Å². The molecule has 8 nitrogen and oxygen atoms in total. The molecule has 0 spiro atoms. The second kappa shape index (κ2) is 10.7. The minimum atomic E-state index is -0.318. The molecule has 1 aromatic carbocycles. The molecule has 4 rings (SSSR count). The first-order valence-corrected chi connectivity index (χ1v) is 12.8. The number of nitrogens with zero attached hydrogens (tertiary/aromatic N) is 6. The smallest absolute Gasteiger partial charge is 0.349 e. The Bertz CT molecular complexity index is 1310. The molecule has 1 aliphatic rings. The Labute approximate surface area is 213 Å². The van der Waals surface area contributed by atoms with Crippen LogP contribution in [-0.4, -0.2) is 50.7 Å². The first kappa shape index (κ1) is 25.6. The number of piperazine rings is 1. The zero-order valence-corrected chi connectivity index (χ0v) is 22.1. The van der Waals surface area contributed by atoms with Crippen LogP contribution in [0.25, 0.3) is 11.0 Å². The average molecular weight is 489 g/mol. The van der Waals surface area contributed by atoms with Crippen molar-refractivity contribution >= 4 is 16.9 Å². The number of hydrogen-bond acceptors (Lipinski definition) is 7. The molecule has 8 heteroatoms. The largest absolute Gasteiger partial charge is 0.491 e. The van der Waals surface area contributed by atoms with Crippen molar-refractivity contribution in [3.05, 3.63) is 58.1 Å². The van der Waals surface area contributed by atoms with E-state index in [0.29, 0.717) is 22.5 Å². The predicted molar refractivity (Wildman–Crippen MR) is 142 cm³/mol. The Kier molecular flexibility index (Phi) is 7.60. The fraction of sp³-hybridized carbons (Fsp3) is 0.500. The van der Waals surface area contributed by atoms with Gasteiger partial charge in [0.2, 0.25) is 0 Å². The Morgan fingerprint density at radius 1 is 1.11 bits per heavy atom. The first-order valence-electron chi connectivity index (χ1n) is 12.8. The minimum absolute atomic E-state index is 0.112. The van der Waals surface area contributed by atoms with Crippen molar-refractivity contribution in [2.75, 3.05) is 18.0 Å². The summed E-state index contributed by atoms with van der Waals surface area (Å²) in [5.41, 5.74) is 2.56. The molecule has 0 radical (unpaired) electrons. The van der Waals surface area contributed by atoms with E-state index in [1.807, 2.05) is 13.8 Å². The lowest BCUT2D eigenvalue weighted by atomic mass is 9.96. The zero-order valence-electron chi connectivity index (χ0n) is 22.1. The van der Waals surface area contributed by atoms with E-state index in [1.165, 1.54) is 10.1 Å². The van der Waals surface area contributed by atoms with Crippen molar-refractivity contribution in [1.29, 1.82) is 5.26 Å². The lowest BCUT2D eigenvalue weighted by molar-refractivity contribution is 0.0939. The molecule has 36 heavy (non-hydrogen) atoms. The van der Waals surface area contributed by atoms with Crippen molar-refractivity contribution in [2.24, 2.45) is 7.05 Å². The standard InChI is InChI=1S/C28H36N6O2/c1-7-22-17-33(27-26-25(32(6)28(35)31-27)14-11-21(15-29)30-26)19(5)16-34(22)24(8-2)20-9-12-23(13-10-20)36-18(3)4/h9-14,18-19,22,24H,7-8,16-17H2,1-6H3/t19-,22+,24?/m0/s1. The van der Waals surface area contributed by atoms with E-state index in [0.717, 1.165) is 31.7 Å². The van der Waals surface area contributed by atoms with E-state index >= 15 is 0 Å². The Balaban J connectivity index is 1.67. The second-order valence-electron chi connectivity index (χ2n) is 9.87. The summed E-state index contributed by atoms with van der Waals surface area (Å²) in [7, 11) is 1.69. The maximum absolute atomic E-state index is 12.7. The van der Waals surface area contributed by atoms with E-state index in [4.69, 9.17) is 4.74 Å². The number of hydrogen-bond donors (Lipinski definition) is 0. The van der Waals surface area contributed by atoms with Gasteiger partial charge in [0.1, 0.15) is 23.0 Å². The van der Waals surface area contributed by atoms with Gasteiger partial charge >= 0.3 is 5.69 Å². The number of anilines is 1. The highest BCUT2D eigenvalue weighted by Gasteiger charge is 2.36. The molecule has 1 unspecified atom stereocenters. The number of ether oxygens (including phenoxy) is 1. The Hall–Kier alpha value is -3.44. The van der Waals surface area contributed by atoms with Crippen molar-refractivity contribution < 1.29 is 4.74 Å². The summed E-state index contributed by atoms with van der Waals surface area (Å²) in [6.07, 6.45) is 2.11. The fourth-order valence-electron chi connectivity index (χ4n) is 5.28. The molecule has 190 valence electrons. The van der Waals surface area contributed by atoms with Crippen LogP contribution in [0.2, 0.25) is 0 Å². The quantitative estimate of drug-likeness (QED) is 0.486. The van der Waals surface area contributed by atoms with Gasteiger partial charge in [-0.2, -0.15) is 10.2 Å². The SMILES string of the molecule is CCC(c1ccc(OC(C)C)cc1)N1C[C@H](C)N(c2nc(=O)n(C)c3ccc(C#N)nc23)C[C@H]1CC. The third-order valence-electron chi connectivity index (χ3n) is 7.10. The number of pyridine rings is 1. The van der Waals surface area contributed by atoms with Gasteiger partial charge in [0, 0.05) is 38.3 Å². The summed E-state index contributed by atoms with van der Waals surface area (Å²) < 4.78 is 7.33. The highest BCUT2D eigenvalue weighted by atomic mass is 16.5. The second-order valence-corrected chi connectivity index (χ2v) is 9.87. The van der Waals surface area contributed by atoms with Gasteiger partial charge in [-0.15, -0.1) is 0 Å². The van der Waals surface area contributed by atoms with Crippen molar-refractivity contribution in [2.45, 2.75) is 71.7 Å². The van der Waals surface area contributed by atoms with E-state index < -0.39 is 0 Å². The van der Waals surface area contributed by atoms with Crippen LogP contribution in [-0.2, 0) is 7.05 Å². The van der Waals surface area contributed by atoms with Gasteiger partial charge in [-0.3, -0.25) is 9.47 Å². The summed E-state index contributed by atoms with van der Waals surface area (Å²) in [6.45, 7) is 12.2. The normalized spacial score (nSPS) is 19.4. The topological polar surface area (TPSA) is 87.3 Å². The van der Waals surface area contributed by atoms with Crippen LogP contribution in [0, 0.1) is 11.3 Å². The highest BCUT2D eigenvalue weighted by molar-refractivity contribution is 5.86. The van der Waals surface area contributed by atoms with Crippen LogP contribution < -0.4 is 15.3 Å². The van der Waals surface area contributed by atoms with E-state index in [9.17, 15) is 10.1 Å². The van der Waals surface area contributed by atoms with Crippen molar-refractivity contribution in [3.63, 3.8) is 0 Å². The number of rotatable bonds is 7. The first-order chi connectivity index (χ1) is 17.3. The van der Waals surface area contributed by atoms with Gasteiger partial charge in [-0.25, -0.2) is 9.78 Å². The average Bonchev–Trinajstić information content (AvgIpc) is 2.87. The summed E-state index contributed by atoms with van der Waals surface area (Å²) >= 11 is 0. The maximum atomic E-state index is 12.7. The summed E-state index contributed by atoms with van der Waals surface area (Å²) in [6, 6.07) is 14.7. The Morgan fingerprint density at radius 2 is 1.83 bits per heavy atom. The summed E-state index contributed by atoms with van der Waals surface area (Å²) in [5, 5.41) is 9.42. The zero-order chi connectivity index (χ0) is 26.0. The molecule has 3 aromatic rings. The molecule has 1 fully saturated rings. The van der Waals surface area contributed by atoms with Crippen LogP contribution in [0.1, 0.15) is 64.8 Å². The highest BCUT2D eigenvalue weighted by Crippen LogP contribution is 2.34. The lowest BCUT2D eigenvalue weighted by Crippen LogP contribution is -2.58. The van der Waals surface area contributed by atoms with Crippen LogP contribution in [0.4, 0.5) is 5.82 Å². The summed E-state index contributed by atoms with van der Waals surface area (Å²) in [5.74, 6) is 1.46. The molecule has 1 saturated heterocycles. The third-order valence-corrected chi connectivity index (χ3v) is 7.10. The van der Waals surface area contributed by atoms with Crippen molar-refractivity contribution in [1.82, 2.24) is 19.4 Å². The monoisotopic (exact) mass is 488 g/mol. The molecule has 3 heterocycles. The molecule has 0 amide bonds. The number of benzene rings is 1. The van der Waals surface area contributed by atoms with Gasteiger partial charge < -0.3 is 9.64 Å². The van der Waals surface area contributed by atoms with Gasteiger partial charge in [-0.05, 0) is 63.4 Å². The molecule has 0 saturated carbocycles. The molecule has 0 bridgehead atoms. The van der Waals surface area contributed by atoms with Crippen LogP contribution in [0.15, 0.2) is 41.2 Å². The molecular formula is C28H36N6O2. The van der Waals surface area contributed by atoms with Gasteiger partial charge in [0.05, 0.1) is 11.6 Å². The molecule has 2 aromatic heterocycles. The summed E-state index contributed by atoms with van der Waals surface area (Å²) in [4.78, 5) is 26.5. The number of fused-ring (bicyclic) bond motifs is 1. The van der Waals surface area contributed by atoms with Gasteiger partial charge in [0.25, 0.3) is 0 Å². The Morgan fingerprint density at radius 3 is 2.44 bits per heavy atom. The van der Waals surface area contributed by atoms with Crippen LogP contribution in [0.3, 0.4) is 0 Å². The number of aromatic nitrogens is 3. The van der Waals surface area contributed by atoms with Crippen molar-refractivity contribution in [3.8, 4) is 11.8 Å². The molecule has 3 atom stereocenters. The maximum Gasteiger partial charge on any atom is 0.349 e. The fourth-order valence-corrected chi connectivity index (χ4v) is 5.28. The minimum Gasteiger partial charge on any atom is -0.491 e. The number of nitriles is 1. The van der Waals surface area contributed by atoms with Crippen LogP contribution >= 0.6 is 0 Å². The molecular weight excluding hydrogens is 452 g/mol. The lowest BCUT2D eigenvalue weighted by Gasteiger charge is -2.49. The van der Waals surface area contributed by atoms with E-state index in [-0.39, 0.29) is 29.9 Å². The van der Waals surface area contributed by atoms with Crippen LogP contribution in [0.5, 0.6) is 5.75 Å². The third kappa shape index (κ3) is 4.93. The van der Waals surface area contributed by atoms with E-state index in [1.54, 1.807) is 19.2 Å². The van der Waals surface area contributed by atoms with E-state index in [2.05, 4.69) is 70.9 Å². The molecule has 1 aliphatic heterocycles. The molecule has 0 aliphatic carbocycles. The predicted octanol–water partition coefficient (Wildman–Crippen LogP) is 4.43. The number of aryl methyl sites for hydroxylation is 1.